The van der Waals surface area contributed by atoms with Gasteiger partial charge in [-0.25, -0.2) is 0 Å². The normalized spacial score (nSPS) is 12.7. The lowest BCUT2D eigenvalue weighted by Gasteiger charge is -2.30. The highest BCUT2D eigenvalue weighted by atomic mass is 16.5. The maximum Gasteiger partial charge on any atom is 0.306 e. The van der Waals surface area contributed by atoms with Crippen LogP contribution < -0.4 is 0 Å². The van der Waals surface area contributed by atoms with Gasteiger partial charge in [-0.15, -0.1) is 0 Å². The minimum Gasteiger partial charge on any atom is -0.461 e. The number of ether oxygens (including phenoxy) is 4. The molecule has 1 unspecified atom stereocenters. The summed E-state index contributed by atoms with van der Waals surface area (Å²) in [6.07, 6.45) is 32.0. The second-order valence-corrected chi connectivity index (χ2v) is 13.8. The molecule has 0 amide bonds. The van der Waals surface area contributed by atoms with Gasteiger partial charge >= 0.3 is 11.9 Å². The molecular formula is C40H74O6. The van der Waals surface area contributed by atoms with Crippen molar-refractivity contribution in [1.82, 2.24) is 0 Å². The first-order valence-corrected chi connectivity index (χ1v) is 19.1. The van der Waals surface area contributed by atoms with Crippen molar-refractivity contribution in [1.29, 1.82) is 0 Å². The van der Waals surface area contributed by atoms with Gasteiger partial charge in [0.25, 0.3) is 0 Å². The van der Waals surface area contributed by atoms with Crippen LogP contribution in [0.15, 0.2) is 24.3 Å². The molecule has 0 aromatic carbocycles. The minimum atomic E-state index is -0.0868. The van der Waals surface area contributed by atoms with Crippen LogP contribution in [0.4, 0.5) is 0 Å². The van der Waals surface area contributed by atoms with Gasteiger partial charge in [0.15, 0.2) is 0 Å². The predicted octanol–water partition coefficient (Wildman–Crippen LogP) is 11.3. The van der Waals surface area contributed by atoms with Crippen molar-refractivity contribution in [2.24, 2.45) is 5.41 Å². The zero-order chi connectivity index (χ0) is 34.0. The lowest BCUT2D eigenvalue weighted by Crippen LogP contribution is -2.34. The van der Waals surface area contributed by atoms with Crippen molar-refractivity contribution >= 4 is 11.9 Å². The van der Waals surface area contributed by atoms with Crippen molar-refractivity contribution in [2.45, 2.75) is 182 Å². The van der Waals surface area contributed by atoms with Gasteiger partial charge in [-0.1, -0.05) is 136 Å². The van der Waals surface area contributed by atoms with Crippen molar-refractivity contribution in [2.75, 3.05) is 33.0 Å². The van der Waals surface area contributed by atoms with Crippen LogP contribution >= 0.6 is 0 Å². The highest BCUT2D eigenvalue weighted by molar-refractivity contribution is 5.69. The second-order valence-electron chi connectivity index (χ2n) is 13.8. The molecule has 0 aliphatic carbocycles. The van der Waals surface area contributed by atoms with Crippen LogP contribution in [0, 0.1) is 5.41 Å². The zero-order valence-corrected chi connectivity index (χ0v) is 30.9. The van der Waals surface area contributed by atoms with Crippen LogP contribution in [-0.2, 0) is 28.5 Å². The third-order valence-electron chi connectivity index (χ3n) is 8.21. The van der Waals surface area contributed by atoms with Gasteiger partial charge in [-0.3, -0.25) is 9.59 Å². The zero-order valence-electron chi connectivity index (χ0n) is 30.9. The summed E-state index contributed by atoms with van der Waals surface area (Å²) in [5.74, 6) is -0.174. The summed E-state index contributed by atoms with van der Waals surface area (Å²) in [6.45, 7) is 14.0. The molecule has 0 saturated carbocycles. The molecular weight excluding hydrogens is 576 g/mol. The van der Waals surface area contributed by atoms with Gasteiger partial charge in [0, 0.05) is 26.1 Å². The van der Waals surface area contributed by atoms with Gasteiger partial charge < -0.3 is 18.9 Å². The number of carbonyl (C=O) groups excluding carboxylic acids is 2. The number of esters is 2. The van der Waals surface area contributed by atoms with Gasteiger partial charge in [0.05, 0.1) is 12.7 Å². The van der Waals surface area contributed by atoms with Crippen LogP contribution in [0.1, 0.15) is 176 Å². The molecule has 0 aromatic rings. The summed E-state index contributed by atoms with van der Waals surface area (Å²) in [6, 6.07) is 0. The molecule has 0 aliphatic heterocycles. The first-order valence-electron chi connectivity index (χ1n) is 19.1. The Labute approximate surface area is 284 Å². The molecule has 0 bridgehead atoms. The van der Waals surface area contributed by atoms with Crippen LogP contribution in [0.3, 0.4) is 0 Å². The van der Waals surface area contributed by atoms with E-state index in [1.165, 1.54) is 51.4 Å². The average molecular weight is 651 g/mol. The molecule has 270 valence electrons. The first kappa shape index (κ1) is 44.3. The van der Waals surface area contributed by atoms with Gasteiger partial charge in [-0.2, -0.15) is 0 Å². The third-order valence-corrected chi connectivity index (χ3v) is 8.21. The van der Waals surface area contributed by atoms with Crippen molar-refractivity contribution < 1.29 is 28.5 Å². The summed E-state index contributed by atoms with van der Waals surface area (Å²) in [4.78, 5) is 23.8. The van der Waals surface area contributed by atoms with E-state index < -0.39 is 0 Å². The van der Waals surface area contributed by atoms with E-state index >= 15 is 0 Å². The molecule has 1 atom stereocenters. The quantitative estimate of drug-likeness (QED) is 0.0400. The first-order chi connectivity index (χ1) is 22.3. The Hall–Kier alpha value is -1.66. The Kier molecular flexibility index (Phi) is 32.0. The van der Waals surface area contributed by atoms with E-state index in [1.54, 1.807) is 0 Å². The third kappa shape index (κ3) is 32.3. The standard InChI is InChI=1S/C40H74O6/c1-6-8-10-12-14-21-28-34-45-38(41)30-24-18-16-20-26-32-43-36-37(40(3,4)5)44-33-27-23-17-19-25-31-39(42)46-35-29-22-15-13-11-9-7-2/h21-22,28-29,37H,6-20,23-27,30-36H2,1-5H3/b28-21-,29-22-. The van der Waals surface area contributed by atoms with Crippen molar-refractivity contribution in [3.63, 3.8) is 0 Å². The smallest absolute Gasteiger partial charge is 0.306 e. The minimum absolute atomic E-state index is 0.0314. The number of unbranched alkanes of at least 4 members (excludes halogenated alkanes) is 16. The molecule has 0 aliphatic rings. The molecule has 0 aromatic heterocycles. The SMILES string of the molecule is CCCCCC/C=C\COC(=O)CCCCCCCOCC(OCCCCCCCC(=O)OC/C=C\CCCCCC)C(C)(C)C. The molecule has 0 rings (SSSR count). The summed E-state index contributed by atoms with van der Waals surface area (Å²) in [5.41, 5.74) is 0.0314. The van der Waals surface area contributed by atoms with Gasteiger partial charge in [-0.05, 0) is 56.8 Å². The Balaban J connectivity index is 3.70. The summed E-state index contributed by atoms with van der Waals surface area (Å²) < 4.78 is 22.8. The van der Waals surface area contributed by atoms with Crippen LogP contribution in [0.25, 0.3) is 0 Å². The fourth-order valence-electron chi connectivity index (χ4n) is 5.05. The molecule has 0 spiro atoms. The van der Waals surface area contributed by atoms with Gasteiger partial charge in [0.2, 0.25) is 0 Å². The number of rotatable bonds is 33. The molecule has 6 heteroatoms. The van der Waals surface area contributed by atoms with E-state index in [0.717, 1.165) is 90.3 Å². The maximum absolute atomic E-state index is 11.9. The van der Waals surface area contributed by atoms with E-state index in [9.17, 15) is 9.59 Å². The van der Waals surface area contributed by atoms with E-state index in [4.69, 9.17) is 18.9 Å². The van der Waals surface area contributed by atoms with Crippen LogP contribution in [0.5, 0.6) is 0 Å². The van der Waals surface area contributed by atoms with E-state index in [0.29, 0.717) is 32.7 Å². The highest BCUT2D eigenvalue weighted by Gasteiger charge is 2.25. The maximum atomic E-state index is 11.9. The number of allylic oxidation sites excluding steroid dienone is 2. The molecule has 0 fully saturated rings. The second kappa shape index (κ2) is 33.2. The Morgan fingerprint density at radius 2 is 0.978 bits per heavy atom. The molecule has 0 saturated heterocycles. The van der Waals surface area contributed by atoms with Crippen LogP contribution in [-0.4, -0.2) is 51.1 Å². The highest BCUT2D eigenvalue weighted by Crippen LogP contribution is 2.23. The monoisotopic (exact) mass is 651 g/mol. The number of hydrogen-bond acceptors (Lipinski definition) is 6. The van der Waals surface area contributed by atoms with Gasteiger partial charge in [0.1, 0.15) is 13.2 Å². The fourth-order valence-corrected chi connectivity index (χ4v) is 5.05. The number of carbonyl (C=O) groups is 2. The summed E-state index contributed by atoms with van der Waals surface area (Å²) in [7, 11) is 0. The van der Waals surface area contributed by atoms with Crippen molar-refractivity contribution in [3.8, 4) is 0 Å². The Bertz CT molecular complexity index is 739. The summed E-state index contributed by atoms with van der Waals surface area (Å²) >= 11 is 0. The molecule has 0 N–H and O–H groups in total. The lowest BCUT2D eigenvalue weighted by molar-refractivity contribution is -0.143. The number of hydrogen-bond donors (Lipinski definition) is 0. The lowest BCUT2D eigenvalue weighted by atomic mass is 9.89. The largest absolute Gasteiger partial charge is 0.461 e. The van der Waals surface area contributed by atoms with E-state index in [1.807, 2.05) is 12.2 Å². The predicted molar refractivity (Wildman–Crippen MR) is 193 cm³/mol. The molecule has 0 radical (unpaired) electrons. The van der Waals surface area contributed by atoms with Crippen LogP contribution in [0.2, 0.25) is 0 Å². The van der Waals surface area contributed by atoms with E-state index in [2.05, 4.69) is 46.8 Å². The Morgan fingerprint density at radius 3 is 1.46 bits per heavy atom. The topological polar surface area (TPSA) is 71.1 Å². The van der Waals surface area contributed by atoms with E-state index in [-0.39, 0.29) is 23.5 Å². The molecule has 6 nitrogen and oxygen atoms in total. The molecule has 46 heavy (non-hydrogen) atoms. The molecule has 0 heterocycles. The average Bonchev–Trinajstić information content (AvgIpc) is 3.02. The fraction of sp³-hybridized carbons (Fsp3) is 0.850. The Morgan fingerprint density at radius 1 is 0.543 bits per heavy atom. The van der Waals surface area contributed by atoms with Crippen molar-refractivity contribution in [3.05, 3.63) is 24.3 Å². The summed E-state index contributed by atoms with van der Waals surface area (Å²) in [5, 5.41) is 0.